The minimum Gasteiger partial charge on any atom is -0.330 e. The average molecular weight is 272 g/mol. The minimum absolute atomic E-state index is 0.174. The Morgan fingerprint density at radius 3 is 2.67 bits per heavy atom. The topological polar surface area (TPSA) is 26.0 Å². The van der Waals surface area contributed by atoms with Gasteiger partial charge in [0.1, 0.15) is 5.82 Å². The fourth-order valence-corrected chi connectivity index (χ4v) is 3.05. The quantitative estimate of drug-likeness (QED) is 0.878. The second kappa shape index (κ2) is 3.56. The summed E-state index contributed by atoms with van der Waals surface area (Å²) in [6.07, 6.45) is 0. The molecule has 15 heavy (non-hydrogen) atoms. The van der Waals surface area contributed by atoms with Crippen LogP contribution in [0.5, 0.6) is 0 Å². The van der Waals surface area contributed by atoms with Crippen molar-refractivity contribution in [2.24, 2.45) is 17.1 Å². The van der Waals surface area contributed by atoms with E-state index in [1.165, 1.54) is 6.07 Å². The van der Waals surface area contributed by atoms with Gasteiger partial charge in [-0.05, 0) is 47.6 Å². The van der Waals surface area contributed by atoms with E-state index in [1.807, 2.05) is 0 Å². The van der Waals surface area contributed by atoms with Crippen LogP contribution in [0.3, 0.4) is 0 Å². The molecule has 2 atom stereocenters. The zero-order valence-electron chi connectivity index (χ0n) is 8.93. The highest BCUT2D eigenvalue weighted by molar-refractivity contribution is 9.10. The molecular formula is C12H15BrFN. The molecule has 0 spiro atoms. The van der Waals surface area contributed by atoms with Crippen LogP contribution in [0.15, 0.2) is 22.7 Å². The lowest BCUT2D eigenvalue weighted by Gasteiger charge is -2.06. The lowest BCUT2D eigenvalue weighted by atomic mass is 10.0. The van der Waals surface area contributed by atoms with E-state index in [0.717, 1.165) is 10.0 Å². The van der Waals surface area contributed by atoms with Crippen LogP contribution < -0.4 is 5.73 Å². The van der Waals surface area contributed by atoms with E-state index in [-0.39, 0.29) is 11.2 Å². The Morgan fingerprint density at radius 1 is 1.47 bits per heavy atom. The van der Waals surface area contributed by atoms with Crippen LogP contribution in [0.2, 0.25) is 0 Å². The van der Waals surface area contributed by atoms with Gasteiger partial charge in [0.05, 0.1) is 0 Å². The second-order valence-electron chi connectivity index (χ2n) is 4.81. The highest BCUT2D eigenvalue weighted by atomic mass is 79.9. The Balaban J connectivity index is 2.36. The molecule has 1 aromatic carbocycles. The van der Waals surface area contributed by atoms with Crippen LogP contribution in [0.25, 0.3) is 0 Å². The molecule has 0 aromatic heterocycles. The van der Waals surface area contributed by atoms with Crippen molar-refractivity contribution in [1.82, 2.24) is 0 Å². The number of hydrogen-bond acceptors (Lipinski definition) is 1. The summed E-state index contributed by atoms with van der Waals surface area (Å²) in [6, 6.07) is 4.86. The highest BCUT2D eigenvalue weighted by Gasteiger charge is 2.57. The molecule has 2 N–H and O–H groups in total. The Bertz CT molecular complexity index is 389. The van der Waals surface area contributed by atoms with Gasteiger partial charge in [-0.15, -0.1) is 0 Å². The van der Waals surface area contributed by atoms with Gasteiger partial charge in [-0.1, -0.05) is 29.8 Å². The molecule has 1 saturated carbocycles. The van der Waals surface area contributed by atoms with Crippen molar-refractivity contribution < 1.29 is 4.39 Å². The molecule has 0 bridgehead atoms. The maximum atomic E-state index is 13.2. The predicted molar refractivity (Wildman–Crippen MR) is 63.2 cm³/mol. The molecule has 1 aromatic rings. The van der Waals surface area contributed by atoms with E-state index in [4.69, 9.17) is 5.73 Å². The molecule has 1 aliphatic rings. The van der Waals surface area contributed by atoms with Crippen LogP contribution in [0, 0.1) is 17.2 Å². The van der Waals surface area contributed by atoms with Gasteiger partial charge in [-0.3, -0.25) is 0 Å². The third kappa shape index (κ3) is 1.72. The normalized spacial score (nSPS) is 27.8. The van der Waals surface area contributed by atoms with Crippen LogP contribution in [0.1, 0.15) is 25.3 Å². The van der Waals surface area contributed by atoms with Gasteiger partial charge in [0, 0.05) is 4.47 Å². The summed E-state index contributed by atoms with van der Waals surface area (Å²) in [5.41, 5.74) is 6.97. The number of benzene rings is 1. The summed E-state index contributed by atoms with van der Waals surface area (Å²) in [5.74, 6) is 0.676. The number of halogens is 2. The van der Waals surface area contributed by atoms with E-state index >= 15 is 0 Å². The van der Waals surface area contributed by atoms with Crippen molar-refractivity contribution in [3.05, 3.63) is 34.1 Å². The molecule has 0 amide bonds. The van der Waals surface area contributed by atoms with Crippen molar-refractivity contribution in [1.29, 1.82) is 0 Å². The fraction of sp³-hybridized carbons (Fsp3) is 0.500. The molecule has 0 heterocycles. The molecule has 2 rings (SSSR count). The SMILES string of the molecule is CC1(C)C(CN)C1c1cc(F)ccc1Br. The molecule has 1 aliphatic carbocycles. The van der Waals surface area contributed by atoms with Crippen molar-refractivity contribution in [2.45, 2.75) is 19.8 Å². The van der Waals surface area contributed by atoms with Crippen LogP contribution in [-0.4, -0.2) is 6.54 Å². The van der Waals surface area contributed by atoms with E-state index in [0.29, 0.717) is 18.4 Å². The molecule has 82 valence electrons. The molecule has 1 fully saturated rings. The van der Waals surface area contributed by atoms with Crippen molar-refractivity contribution >= 4 is 15.9 Å². The number of nitrogens with two attached hydrogens (primary N) is 1. The van der Waals surface area contributed by atoms with Gasteiger partial charge >= 0.3 is 0 Å². The Kier molecular flexibility index (Phi) is 2.63. The summed E-state index contributed by atoms with van der Waals surface area (Å²) in [5, 5.41) is 0. The maximum Gasteiger partial charge on any atom is 0.123 e. The van der Waals surface area contributed by atoms with E-state index in [2.05, 4.69) is 29.8 Å². The van der Waals surface area contributed by atoms with E-state index in [1.54, 1.807) is 12.1 Å². The summed E-state index contributed by atoms with van der Waals surface area (Å²) in [6.45, 7) is 5.04. The summed E-state index contributed by atoms with van der Waals surface area (Å²) < 4.78 is 14.2. The molecular weight excluding hydrogens is 257 g/mol. The van der Waals surface area contributed by atoms with Crippen LogP contribution >= 0.6 is 15.9 Å². The molecule has 2 unspecified atom stereocenters. The average Bonchev–Trinajstić information content (AvgIpc) is 2.72. The first kappa shape index (κ1) is 11.1. The first-order valence-electron chi connectivity index (χ1n) is 5.13. The highest BCUT2D eigenvalue weighted by Crippen LogP contribution is 2.64. The monoisotopic (exact) mass is 271 g/mol. The van der Waals surface area contributed by atoms with Crippen molar-refractivity contribution in [2.75, 3.05) is 6.54 Å². The first-order valence-corrected chi connectivity index (χ1v) is 5.92. The summed E-state index contributed by atoms with van der Waals surface area (Å²) in [4.78, 5) is 0. The molecule has 0 aliphatic heterocycles. The van der Waals surface area contributed by atoms with Crippen molar-refractivity contribution in [3.63, 3.8) is 0 Å². The molecule has 0 radical (unpaired) electrons. The zero-order chi connectivity index (χ0) is 11.2. The predicted octanol–water partition coefficient (Wildman–Crippen LogP) is 3.29. The number of rotatable bonds is 2. The van der Waals surface area contributed by atoms with Gasteiger partial charge in [0.2, 0.25) is 0 Å². The van der Waals surface area contributed by atoms with Gasteiger partial charge in [0.15, 0.2) is 0 Å². The first-order chi connectivity index (χ1) is 6.98. The second-order valence-corrected chi connectivity index (χ2v) is 5.66. The maximum absolute atomic E-state index is 13.2. The zero-order valence-corrected chi connectivity index (χ0v) is 10.5. The van der Waals surface area contributed by atoms with E-state index in [9.17, 15) is 4.39 Å². The Hall–Kier alpha value is -0.410. The minimum atomic E-state index is -0.174. The molecule has 3 heteroatoms. The fourth-order valence-electron chi connectivity index (χ4n) is 2.55. The largest absolute Gasteiger partial charge is 0.330 e. The van der Waals surface area contributed by atoms with Crippen molar-refractivity contribution in [3.8, 4) is 0 Å². The molecule has 1 nitrogen and oxygen atoms in total. The third-order valence-electron chi connectivity index (χ3n) is 3.60. The van der Waals surface area contributed by atoms with E-state index < -0.39 is 0 Å². The smallest absolute Gasteiger partial charge is 0.123 e. The van der Waals surface area contributed by atoms with Crippen LogP contribution in [-0.2, 0) is 0 Å². The number of hydrogen-bond donors (Lipinski definition) is 1. The Morgan fingerprint density at radius 2 is 2.13 bits per heavy atom. The lowest BCUT2D eigenvalue weighted by Crippen LogP contribution is -2.05. The summed E-state index contributed by atoms with van der Waals surface area (Å²) in [7, 11) is 0. The standard InChI is InChI=1S/C12H15BrFN/c1-12(2)9(6-15)11(12)8-5-7(14)3-4-10(8)13/h3-5,9,11H,6,15H2,1-2H3. The molecule has 0 saturated heterocycles. The van der Waals surface area contributed by atoms with Gasteiger partial charge in [-0.2, -0.15) is 0 Å². The van der Waals surface area contributed by atoms with Gasteiger partial charge < -0.3 is 5.73 Å². The summed E-state index contributed by atoms with van der Waals surface area (Å²) >= 11 is 3.47. The van der Waals surface area contributed by atoms with Gasteiger partial charge in [0.25, 0.3) is 0 Å². The van der Waals surface area contributed by atoms with Crippen LogP contribution in [0.4, 0.5) is 4.39 Å². The van der Waals surface area contributed by atoms with Gasteiger partial charge in [-0.25, -0.2) is 4.39 Å². The Labute approximate surface area is 98.0 Å². The lowest BCUT2D eigenvalue weighted by molar-refractivity contribution is 0.557. The third-order valence-corrected chi connectivity index (χ3v) is 4.32.